The van der Waals surface area contributed by atoms with E-state index in [2.05, 4.69) is 25.7 Å². The van der Waals surface area contributed by atoms with Gasteiger partial charge >= 0.3 is 0 Å². The molecule has 0 bridgehead atoms. The van der Waals surface area contributed by atoms with Gasteiger partial charge in [-0.3, -0.25) is 14.7 Å². The summed E-state index contributed by atoms with van der Waals surface area (Å²) in [4.78, 5) is 34.3. The fraction of sp³-hybridized carbons (Fsp3) is 0.280. The fourth-order valence-electron chi connectivity index (χ4n) is 3.58. The number of ether oxygens (including phenoxy) is 1. The summed E-state index contributed by atoms with van der Waals surface area (Å²) >= 11 is 0. The highest BCUT2D eigenvalue weighted by molar-refractivity contribution is 5.90. The lowest BCUT2D eigenvalue weighted by Crippen LogP contribution is -2.23. The number of amides is 1. The van der Waals surface area contributed by atoms with Crippen LogP contribution in [0.5, 0.6) is 5.75 Å². The Labute approximate surface area is 197 Å². The van der Waals surface area contributed by atoms with E-state index in [-0.39, 0.29) is 30.1 Å². The summed E-state index contributed by atoms with van der Waals surface area (Å²) in [6.07, 6.45) is 0.429. The third-order valence-electron chi connectivity index (χ3n) is 5.43. The van der Waals surface area contributed by atoms with Crippen molar-refractivity contribution in [3.63, 3.8) is 0 Å². The van der Waals surface area contributed by atoms with Crippen molar-refractivity contribution in [1.29, 1.82) is 0 Å². The van der Waals surface area contributed by atoms with Gasteiger partial charge in [-0.2, -0.15) is 9.50 Å². The van der Waals surface area contributed by atoms with Crippen molar-refractivity contribution in [2.24, 2.45) is 0 Å². The van der Waals surface area contributed by atoms with Gasteiger partial charge in [0.2, 0.25) is 11.9 Å². The SMILES string of the molecule is CCOc1ccc(NC(=O)CCc2c(C)nc3nc(NCc4ccc(C)cc4)[nH]n3c2=O)cc1. The van der Waals surface area contributed by atoms with Crippen molar-refractivity contribution in [3.05, 3.63) is 81.3 Å². The molecule has 0 spiro atoms. The Morgan fingerprint density at radius 2 is 1.79 bits per heavy atom. The van der Waals surface area contributed by atoms with Crippen molar-refractivity contribution >= 4 is 23.3 Å². The number of aryl methyl sites for hydroxylation is 2. The summed E-state index contributed by atoms with van der Waals surface area (Å²) in [6.45, 7) is 6.86. The van der Waals surface area contributed by atoms with Gasteiger partial charge in [-0.25, -0.2) is 4.98 Å². The number of hydrogen-bond donors (Lipinski definition) is 3. The largest absolute Gasteiger partial charge is 0.494 e. The number of anilines is 2. The predicted octanol–water partition coefficient (Wildman–Crippen LogP) is 3.62. The van der Waals surface area contributed by atoms with Gasteiger partial charge in [0.1, 0.15) is 5.75 Å². The average Bonchev–Trinajstić information content (AvgIpc) is 3.23. The smallest absolute Gasteiger partial charge is 0.277 e. The summed E-state index contributed by atoms with van der Waals surface area (Å²) < 4.78 is 6.72. The first-order chi connectivity index (χ1) is 16.4. The maximum absolute atomic E-state index is 13.0. The van der Waals surface area contributed by atoms with E-state index in [1.807, 2.05) is 38.1 Å². The molecule has 0 saturated carbocycles. The molecule has 2 aromatic carbocycles. The van der Waals surface area contributed by atoms with E-state index in [1.54, 1.807) is 31.2 Å². The zero-order valence-corrected chi connectivity index (χ0v) is 19.5. The van der Waals surface area contributed by atoms with Crippen LogP contribution in [0.15, 0.2) is 53.3 Å². The molecule has 0 aliphatic heterocycles. The van der Waals surface area contributed by atoms with Crippen LogP contribution in [-0.2, 0) is 17.8 Å². The number of carbonyl (C=O) groups is 1. The summed E-state index contributed by atoms with van der Waals surface area (Å²) in [5, 5.41) is 8.99. The molecule has 0 atom stereocenters. The van der Waals surface area contributed by atoms with Gasteiger partial charge in [-0.05, 0) is 57.0 Å². The van der Waals surface area contributed by atoms with Crippen LogP contribution in [0.25, 0.3) is 5.78 Å². The van der Waals surface area contributed by atoms with E-state index in [0.29, 0.717) is 36.0 Å². The normalized spacial score (nSPS) is 10.9. The molecule has 2 aromatic heterocycles. The number of nitrogens with zero attached hydrogens (tertiary/aromatic N) is 3. The molecule has 9 heteroatoms. The number of aromatic amines is 1. The fourth-order valence-corrected chi connectivity index (χ4v) is 3.58. The van der Waals surface area contributed by atoms with E-state index in [4.69, 9.17) is 4.74 Å². The van der Waals surface area contributed by atoms with Crippen LogP contribution in [0.1, 0.15) is 35.7 Å². The number of benzene rings is 2. The van der Waals surface area contributed by atoms with E-state index in [0.717, 1.165) is 11.3 Å². The van der Waals surface area contributed by atoms with Crippen LogP contribution >= 0.6 is 0 Å². The second-order valence-electron chi connectivity index (χ2n) is 8.03. The molecule has 9 nitrogen and oxygen atoms in total. The molecule has 4 aromatic rings. The second kappa shape index (κ2) is 10.2. The van der Waals surface area contributed by atoms with Gasteiger partial charge < -0.3 is 15.4 Å². The van der Waals surface area contributed by atoms with Crippen LogP contribution in [0, 0.1) is 13.8 Å². The summed E-state index contributed by atoms with van der Waals surface area (Å²) in [7, 11) is 0. The molecule has 1 amide bonds. The molecule has 0 unspecified atom stereocenters. The van der Waals surface area contributed by atoms with Crippen LogP contribution in [0.3, 0.4) is 0 Å². The van der Waals surface area contributed by atoms with Gasteiger partial charge in [-0.15, -0.1) is 0 Å². The number of carbonyl (C=O) groups excluding carboxylic acids is 1. The zero-order valence-electron chi connectivity index (χ0n) is 19.5. The quantitative estimate of drug-likeness (QED) is 0.352. The van der Waals surface area contributed by atoms with Crippen molar-refractivity contribution in [2.75, 3.05) is 17.2 Å². The van der Waals surface area contributed by atoms with Gasteiger partial charge in [-0.1, -0.05) is 29.8 Å². The minimum atomic E-state index is -0.257. The average molecular weight is 461 g/mol. The Bertz CT molecular complexity index is 1340. The first kappa shape index (κ1) is 23.0. The number of H-pyrrole nitrogens is 1. The Kier molecular flexibility index (Phi) is 6.91. The van der Waals surface area contributed by atoms with E-state index < -0.39 is 0 Å². The van der Waals surface area contributed by atoms with Gasteiger partial charge in [0.25, 0.3) is 11.3 Å². The maximum Gasteiger partial charge on any atom is 0.277 e. The summed E-state index contributed by atoms with van der Waals surface area (Å²) in [5.74, 6) is 1.31. The van der Waals surface area contributed by atoms with E-state index in [9.17, 15) is 9.59 Å². The molecule has 4 rings (SSSR count). The Morgan fingerprint density at radius 3 is 2.50 bits per heavy atom. The van der Waals surface area contributed by atoms with E-state index in [1.165, 1.54) is 10.1 Å². The molecule has 0 aliphatic rings. The number of fused-ring (bicyclic) bond motifs is 1. The number of aromatic nitrogens is 4. The van der Waals surface area contributed by atoms with Gasteiger partial charge in [0.05, 0.1) is 12.3 Å². The van der Waals surface area contributed by atoms with Crippen LogP contribution < -0.4 is 20.9 Å². The summed E-state index contributed by atoms with van der Waals surface area (Å²) in [5.41, 5.74) is 3.75. The minimum Gasteiger partial charge on any atom is -0.494 e. The van der Waals surface area contributed by atoms with Crippen molar-refractivity contribution < 1.29 is 9.53 Å². The lowest BCUT2D eigenvalue weighted by molar-refractivity contribution is -0.116. The molecule has 0 aliphatic carbocycles. The molecule has 34 heavy (non-hydrogen) atoms. The molecule has 0 radical (unpaired) electrons. The third kappa shape index (κ3) is 5.43. The van der Waals surface area contributed by atoms with E-state index >= 15 is 0 Å². The molecule has 2 heterocycles. The first-order valence-corrected chi connectivity index (χ1v) is 11.2. The molecule has 3 N–H and O–H groups in total. The number of hydrogen-bond acceptors (Lipinski definition) is 6. The zero-order chi connectivity index (χ0) is 24.1. The highest BCUT2D eigenvalue weighted by Gasteiger charge is 2.15. The maximum atomic E-state index is 13.0. The highest BCUT2D eigenvalue weighted by Crippen LogP contribution is 2.16. The number of nitrogens with one attached hydrogen (secondary N) is 3. The van der Waals surface area contributed by atoms with Crippen molar-refractivity contribution in [3.8, 4) is 5.75 Å². The van der Waals surface area contributed by atoms with Crippen LogP contribution in [-0.4, -0.2) is 32.1 Å². The highest BCUT2D eigenvalue weighted by atomic mass is 16.5. The topological polar surface area (TPSA) is 113 Å². The Hall–Kier alpha value is -4.14. The second-order valence-corrected chi connectivity index (χ2v) is 8.03. The summed E-state index contributed by atoms with van der Waals surface area (Å²) in [6, 6.07) is 15.3. The Balaban J connectivity index is 1.41. The molecular weight excluding hydrogens is 432 g/mol. The van der Waals surface area contributed by atoms with Crippen LogP contribution in [0.2, 0.25) is 0 Å². The lowest BCUT2D eigenvalue weighted by atomic mass is 10.1. The first-order valence-electron chi connectivity index (χ1n) is 11.2. The molecule has 0 fully saturated rings. The Morgan fingerprint density at radius 1 is 1.06 bits per heavy atom. The standard InChI is InChI=1S/C25H28N6O3/c1-4-34-20-11-9-19(10-12-20)28-22(32)14-13-21-17(3)27-25-29-24(30-31(25)23(21)33)26-15-18-7-5-16(2)6-8-18/h5-12H,4,13-15H2,1-3H3,(H,28,32)(H2,26,27,29,30). The van der Waals surface area contributed by atoms with Gasteiger partial charge in [0.15, 0.2) is 0 Å². The minimum absolute atomic E-state index is 0.156. The predicted molar refractivity (Wildman–Crippen MR) is 131 cm³/mol. The van der Waals surface area contributed by atoms with Crippen molar-refractivity contribution in [1.82, 2.24) is 19.6 Å². The molecular formula is C25H28N6O3. The van der Waals surface area contributed by atoms with Crippen LogP contribution in [0.4, 0.5) is 11.6 Å². The number of rotatable bonds is 9. The molecule has 0 saturated heterocycles. The molecule has 176 valence electrons. The van der Waals surface area contributed by atoms with Crippen molar-refractivity contribution in [2.45, 2.75) is 40.2 Å². The third-order valence-corrected chi connectivity index (χ3v) is 5.43. The monoisotopic (exact) mass is 460 g/mol. The lowest BCUT2D eigenvalue weighted by Gasteiger charge is -2.08. The van der Waals surface area contributed by atoms with Gasteiger partial charge in [0, 0.05) is 24.2 Å².